The van der Waals surface area contributed by atoms with Crippen LogP contribution >= 0.6 is 0 Å². The molecule has 1 aliphatic heterocycles. The van der Waals surface area contributed by atoms with Gasteiger partial charge in [-0.25, -0.2) is 13.8 Å². The number of imidazole rings is 1. The molecule has 3 rings (SSSR count). The minimum Gasteiger partial charge on any atom is -0.334 e. The Hall–Kier alpha value is -1.79. The van der Waals surface area contributed by atoms with Gasteiger partial charge in [-0.3, -0.25) is 9.80 Å². The van der Waals surface area contributed by atoms with E-state index in [9.17, 15) is 8.78 Å². The van der Waals surface area contributed by atoms with Crippen molar-refractivity contribution in [1.29, 1.82) is 0 Å². The molecule has 0 spiro atoms. The predicted octanol–water partition coefficient (Wildman–Crippen LogP) is 2.29. The maximum atomic E-state index is 13.7. The van der Waals surface area contributed by atoms with E-state index in [2.05, 4.69) is 19.4 Å². The standard InChI is InChI=1S/C17H22F2N4/c1-14-20-4-5-23(14)11-10-21-6-8-22(9-7-21)13-15-12-16(18)2-3-17(15)19/h2-5,12H,6-11,13H2,1H3. The Bertz CT molecular complexity index is 648. The lowest BCUT2D eigenvalue weighted by Crippen LogP contribution is -2.46. The summed E-state index contributed by atoms with van der Waals surface area (Å²) in [5, 5.41) is 0. The molecule has 0 aliphatic carbocycles. The zero-order valence-corrected chi connectivity index (χ0v) is 13.4. The first-order chi connectivity index (χ1) is 11.1. The third-order valence-electron chi connectivity index (χ3n) is 4.45. The summed E-state index contributed by atoms with van der Waals surface area (Å²) in [4.78, 5) is 8.80. The maximum Gasteiger partial charge on any atom is 0.127 e. The van der Waals surface area contributed by atoms with Gasteiger partial charge in [-0.05, 0) is 25.1 Å². The topological polar surface area (TPSA) is 24.3 Å². The molecular formula is C17H22F2N4. The number of piperazine rings is 1. The minimum atomic E-state index is -0.379. The Kier molecular flexibility index (Phi) is 5.03. The minimum absolute atomic E-state index is 0.329. The molecule has 4 nitrogen and oxygen atoms in total. The number of hydrogen-bond donors (Lipinski definition) is 0. The lowest BCUT2D eigenvalue weighted by molar-refractivity contribution is 0.123. The van der Waals surface area contributed by atoms with E-state index in [1.807, 2.05) is 19.3 Å². The summed E-state index contributed by atoms with van der Waals surface area (Å²) < 4.78 is 29.1. The number of hydrogen-bond acceptors (Lipinski definition) is 3. The van der Waals surface area contributed by atoms with Crippen LogP contribution in [0.3, 0.4) is 0 Å². The van der Waals surface area contributed by atoms with Gasteiger partial charge in [-0.2, -0.15) is 0 Å². The molecular weight excluding hydrogens is 298 g/mol. The number of nitrogens with zero attached hydrogens (tertiary/aromatic N) is 4. The van der Waals surface area contributed by atoms with Gasteiger partial charge in [0.05, 0.1) is 0 Å². The number of halogens is 2. The maximum absolute atomic E-state index is 13.7. The van der Waals surface area contributed by atoms with Crippen molar-refractivity contribution in [2.24, 2.45) is 0 Å². The molecule has 0 N–H and O–H groups in total. The average Bonchev–Trinajstić information content (AvgIpc) is 2.95. The van der Waals surface area contributed by atoms with E-state index in [0.29, 0.717) is 12.1 Å². The number of rotatable bonds is 5. The molecule has 0 amide bonds. The molecule has 0 atom stereocenters. The highest BCUT2D eigenvalue weighted by Gasteiger charge is 2.18. The van der Waals surface area contributed by atoms with Crippen molar-refractivity contribution < 1.29 is 8.78 Å². The molecule has 0 saturated carbocycles. The van der Waals surface area contributed by atoms with Gasteiger partial charge >= 0.3 is 0 Å². The van der Waals surface area contributed by atoms with E-state index in [1.165, 1.54) is 12.1 Å². The van der Waals surface area contributed by atoms with Crippen LogP contribution in [0.4, 0.5) is 8.78 Å². The summed E-state index contributed by atoms with van der Waals surface area (Å²) in [6.45, 7) is 8.04. The summed E-state index contributed by atoms with van der Waals surface area (Å²) in [7, 11) is 0. The fourth-order valence-electron chi connectivity index (χ4n) is 2.97. The van der Waals surface area contributed by atoms with Crippen LogP contribution in [0.1, 0.15) is 11.4 Å². The van der Waals surface area contributed by atoms with Crippen LogP contribution in [0.5, 0.6) is 0 Å². The summed E-state index contributed by atoms with van der Waals surface area (Å²) in [6.07, 6.45) is 3.82. The Labute approximate surface area is 135 Å². The molecule has 124 valence electrons. The van der Waals surface area contributed by atoms with E-state index in [0.717, 1.165) is 51.2 Å². The van der Waals surface area contributed by atoms with Crippen LogP contribution in [0.15, 0.2) is 30.6 Å². The molecule has 6 heteroatoms. The molecule has 0 radical (unpaired) electrons. The van der Waals surface area contributed by atoms with Crippen molar-refractivity contribution in [3.63, 3.8) is 0 Å². The molecule has 2 heterocycles. The van der Waals surface area contributed by atoms with E-state index in [4.69, 9.17) is 0 Å². The van der Waals surface area contributed by atoms with Crippen molar-refractivity contribution in [1.82, 2.24) is 19.4 Å². The molecule has 1 fully saturated rings. The third-order valence-corrected chi connectivity index (χ3v) is 4.45. The quantitative estimate of drug-likeness (QED) is 0.845. The predicted molar refractivity (Wildman–Crippen MR) is 85.0 cm³/mol. The number of aryl methyl sites for hydroxylation is 1. The molecule has 1 aromatic heterocycles. The van der Waals surface area contributed by atoms with Crippen molar-refractivity contribution in [3.05, 3.63) is 53.6 Å². The van der Waals surface area contributed by atoms with Gasteiger partial charge in [0.15, 0.2) is 0 Å². The Morgan fingerprint density at radius 2 is 1.78 bits per heavy atom. The Morgan fingerprint density at radius 3 is 2.48 bits per heavy atom. The van der Waals surface area contributed by atoms with Gasteiger partial charge < -0.3 is 4.57 Å². The van der Waals surface area contributed by atoms with Gasteiger partial charge in [0, 0.05) is 63.8 Å². The fraction of sp³-hybridized carbons (Fsp3) is 0.471. The monoisotopic (exact) mass is 320 g/mol. The lowest BCUT2D eigenvalue weighted by atomic mass is 10.1. The molecule has 0 unspecified atom stereocenters. The van der Waals surface area contributed by atoms with E-state index in [1.54, 1.807) is 0 Å². The van der Waals surface area contributed by atoms with Crippen LogP contribution in [0.25, 0.3) is 0 Å². The number of aromatic nitrogens is 2. The van der Waals surface area contributed by atoms with Gasteiger partial charge in [0.2, 0.25) is 0 Å². The summed E-state index contributed by atoms with van der Waals surface area (Å²) >= 11 is 0. The molecule has 2 aromatic rings. The van der Waals surface area contributed by atoms with Crippen LogP contribution in [0.2, 0.25) is 0 Å². The van der Waals surface area contributed by atoms with E-state index >= 15 is 0 Å². The second kappa shape index (κ2) is 7.19. The van der Waals surface area contributed by atoms with Gasteiger partial charge in [0.1, 0.15) is 17.5 Å². The summed E-state index contributed by atoms with van der Waals surface area (Å²) in [5.74, 6) is 0.324. The Morgan fingerprint density at radius 1 is 1.04 bits per heavy atom. The van der Waals surface area contributed by atoms with E-state index in [-0.39, 0.29) is 11.6 Å². The average molecular weight is 320 g/mol. The van der Waals surface area contributed by atoms with Gasteiger partial charge in [-0.15, -0.1) is 0 Å². The molecule has 1 aromatic carbocycles. The lowest BCUT2D eigenvalue weighted by Gasteiger charge is -2.34. The normalized spacial score (nSPS) is 16.8. The van der Waals surface area contributed by atoms with Crippen molar-refractivity contribution in [2.45, 2.75) is 20.0 Å². The molecule has 1 aliphatic rings. The molecule has 0 bridgehead atoms. The van der Waals surface area contributed by atoms with Crippen molar-refractivity contribution >= 4 is 0 Å². The van der Waals surface area contributed by atoms with Gasteiger partial charge in [-0.1, -0.05) is 0 Å². The highest BCUT2D eigenvalue weighted by atomic mass is 19.1. The smallest absolute Gasteiger partial charge is 0.127 e. The molecule has 23 heavy (non-hydrogen) atoms. The first kappa shape index (κ1) is 16.1. The highest BCUT2D eigenvalue weighted by Crippen LogP contribution is 2.14. The Balaban J connectivity index is 1.47. The highest BCUT2D eigenvalue weighted by molar-refractivity contribution is 5.18. The first-order valence-electron chi connectivity index (χ1n) is 7.98. The summed E-state index contributed by atoms with van der Waals surface area (Å²) in [6, 6.07) is 3.66. The molecule has 1 saturated heterocycles. The summed E-state index contributed by atoms with van der Waals surface area (Å²) in [5.41, 5.74) is 0.437. The SMILES string of the molecule is Cc1nccn1CCN1CCN(Cc2cc(F)ccc2F)CC1. The van der Waals surface area contributed by atoms with Crippen LogP contribution in [-0.2, 0) is 13.1 Å². The van der Waals surface area contributed by atoms with Crippen molar-refractivity contribution in [3.8, 4) is 0 Å². The van der Waals surface area contributed by atoms with Crippen LogP contribution in [-0.4, -0.2) is 52.1 Å². The first-order valence-corrected chi connectivity index (χ1v) is 7.98. The zero-order valence-electron chi connectivity index (χ0n) is 13.4. The second-order valence-electron chi connectivity index (χ2n) is 6.02. The van der Waals surface area contributed by atoms with Gasteiger partial charge in [0.25, 0.3) is 0 Å². The second-order valence-corrected chi connectivity index (χ2v) is 6.02. The zero-order chi connectivity index (χ0) is 16.2. The number of benzene rings is 1. The van der Waals surface area contributed by atoms with Crippen LogP contribution < -0.4 is 0 Å². The van der Waals surface area contributed by atoms with Crippen molar-refractivity contribution in [2.75, 3.05) is 32.7 Å². The largest absolute Gasteiger partial charge is 0.334 e. The third kappa shape index (κ3) is 4.14. The van der Waals surface area contributed by atoms with Crippen LogP contribution in [0, 0.1) is 18.6 Å². The van der Waals surface area contributed by atoms with E-state index < -0.39 is 0 Å². The fourth-order valence-corrected chi connectivity index (χ4v) is 2.97.